The lowest BCUT2D eigenvalue weighted by molar-refractivity contribution is -0.156. The first-order valence-corrected chi connectivity index (χ1v) is 6.12. The number of nitrogens with one attached hydrogen (secondary N) is 1. The van der Waals surface area contributed by atoms with Gasteiger partial charge in [0.05, 0.1) is 0 Å². The molecule has 100 valence electrons. The molecular weight excluding hydrogens is 236 g/mol. The van der Waals surface area contributed by atoms with Gasteiger partial charge in [-0.3, -0.25) is 14.4 Å². The summed E-state index contributed by atoms with van der Waals surface area (Å²) in [7, 11) is 1.59. The van der Waals surface area contributed by atoms with Gasteiger partial charge in [0.25, 0.3) is 0 Å². The van der Waals surface area contributed by atoms with Crippen LogP contribution in [0.15, 0.2) is 0 Å². The van der Waals surface area contributed by atoms with Gasteiger partial charge in [0.2, 0.25) is 5.91 Å². The van der Waals surface area contributed by atoms with Crippen molar-refractivity contribution in [2.75, 3.05) is 52.9 Å². The number of likely N-dealkylation sites (N-methyl/N-ethyl adjacent to an activating group) is 1. The van der Waals surface area contributed by atoms with Crippen molar-refractivity contribution in [3.05, 3.63) is 0 Å². The number of rotatable bonds is 2. The molecule has 0 aliphatic carbocycles. The zero-order valence-electron chi connectivity index (χ0n) is 10.5. The number of nitrogens with zero attached hydrogens (tertiary/aromatic N) is 3. The van der Waals surface area contributed by atoms with Crippen molar-refractivity contribution in [1.82, 2.24) is 20.0 Å². The van der Waals surface area contributed by atoms with Gasteiger partial charge in [-0.05, 0) is 0 Å². The molecule has 0 saturated carbocycles. The predicted molar refractivity (Wildman–Crippen MR) is 63.7 cm³/mol. The lowest BCUT2D eigenvalue weighted by atomic mass is 10.3. The van der Waals surface area contributed by atoms with E-state index in [9.17, 15) is 14.4 Å². The molecule has 0 unspecified atom stereocenters. The molecule has 0 aromatic heterocycles. The Morgan fingerprint density at radius 3 is 2.44 bits per heavy atom. The van der Waals surface area contributed by atoms with Crippen molar-refractivity contribution >= 4 is 17.7 Å². The van der Waals surface area contributed by atoms with E-state index in [1.165, 1.54) is 9.80 Å². The maximum Gasteiger partial charge on any atom is 0.312 e. The van der Waals surface area contributed by atoms with Crippen LogP contribution >= 0.6 is 0 Å². The van der Waals surface area contributed by atoms with E-state index in [-0.39, 0.29) is 12.5 Å². The third-order valence-corrected chi connectivity index (χ3v) is 3.32. The fraction of sp³-hybridized carbons (Fsp3) is 0.727. The number of hydrogen-bond donors (Lipinski definition) is 1. The monoisotopic (exact) mass is 254 g/mol. The minimum atomic E-state index is -0.577. The first kappa shape index (κ1) is 12.8. The van der Waals surface area contributed by atoms with Gasteiger partial charge < -0.3 is 20.0 Å². The van der Waals surface area contributed by atoms with E-state index < -0.39 is 11.8 Å². The second-order valence-electron chi connectivity index (χ2n) is 4.58. The minimum absolute atomic E-state index is 0.0123. The number of amides is 3. The summed E-state index contributed by atoms with van der Waals surface area (Å²) >= 11 is 0. The Morgan fingerprint density at radius 2 is 1.78 bits per heavy atom. The molecular formula is C11H18N4O3. The van der Waals surface area contributed by atoms with Gasteiger partial charge in [0, 0.05) is 46.3 Å². The fourth-order valence-corrected chi connectivity index (χ4v) is 2.10. The summed E-state index contributed by atoms with van der Waals surface area (Å²) in [6.07, 6.45) is 0. The molecule has 7 nitrogen and oxygen atoms in total. The van der Waals surface area contributed by atoms with Crippen molar-refractivity contribution in [3.8, 4) is 0 Å². The molecule has 7 heteroatoms. The summed E-state index contributed by atoms with van der Waals surface area (Å²) in [5.74, 6) is -1.19. The van der Waals surface area contributed by atoms with Gasteiger partial charge in [-0.1, -0.05) is 0 Å². The summed E-state index contributed by atoms with van der Waals surface area (Å²) in [5, 5.41) is 3.16. The molecule has 0 atom stereocenters. The number of carbonyl (C=O) groups excluding carboxylic acids is 3. The third kappa shape index (κ3) is 2.61. The summed E-state index contributed by atoms with van der Waals surface area (Å²) in [4.78, 5) is 39.6. The van der Waals surface area contributed by atoms with Crippen molar-refractivity contribution in [2.24, 2.45) is 0 Å². The van der Waals surface area contributed by atoms with E-state index in [0.717, 1.165) is 13.1 Å². The first-order chi connectivity index (χ1) is 8.59. The van der Waals surface area contributed by atoms with Crippen LogP contribution in [0.2, 0.25) is 0 Å². The van der Waals surface area contributed by atoms with Crippen LogP contribution in [-0.4, -0.2) is 85.3 Å². The summed E-state index contributed by atoms with van der Waals surface area (Å²) in [6.45, 7) is 3.81. The number of hydrogen-bond acceptors (Lipinski definition) is 4. The fourth-order valence-electron chi connectivity index (χ4n) is 2.10. The first-order valence-electron chi connectivity index (χ1n) is 6.12. The van der Waals surface area contributed by atoms with E-state index in [0.29, 0.717) is 26.2 Å². The van der Waals surface area contributed by atoms with E-state index >= 15 is 0 Å². The molecule has 1 N–H and O–H groups in total. The zero-order chi connectivity index (χ0) is 13.1. The van der Waals surface area contributed by atoms with Crippen LogP contribution in [0, 0.1) is 0 Å². The molecule has 2 aliphatic rings. The lowest BCUT2D eigenvalue weighted by Gasteiger charge is -2.33. The van der Waals surface area contributed by atoms with Crippen LogP contribution in [0.4, 0.5) is 0 Å². The SMILES string of the molecule is CN1CCN(CC(=O)N2CCNCC2)C(=O)C1=O. The Hall–Kier alpha value is -1.63. The van der Waals surface area contributed by atoms with Crippen LogP contribution in [0.3, 0.4) is 0 Å². The van der Waals surface area contributed by atoms with E-state index in [2.05, 4.69) is 5.32 Å². The molecule has 0 spiro atoms. The Kier molecular flexibility index (Phi) is 3.81. The second kappa shape index (κ2) is 5.34. The van der Waals surface area contributed by atoms with Crippen molar-refractivity contribution in [2.45, 2.75) is 0 Å². The quantitative estimate of drug-likeness (QED) is 0.563. The topological polar surface area (TPSA) is 73.0 Å². The van der Waals surface area contributed by atoms with Crippen molar-refractivity contribution < 1.29 is 14.4 Å². The maximum atomic E-state index is 12.0. The molecule has 2 aliphatic heterocycles. The normalized spacial score (nSPS) is 21.5. The van der Waals surface area contributed by atoms with E-state index in [1.54, 1.807) is 11.9 Å². The highest BCUT2D eigenvalue weighted by Gasteiger charge is 2.32. The molecule has 0 aromatic rings. The Morgan fingerprint density at radius 1 is 1.11 bits per heavy atom. The molecule has 18 heavy (non-hydrogen) atoms. The predicted octanol–water partition coefficient (Wildman–Crippen LogP) is -2.28. The average molecular weight is 254 g/mol. The van der Waals surface area contributed by atoms with Gasteiger partial charge in [-0.25, -0.2) is 0 Å². The highest BCUT2D eigenvalue weighted by molar-refractivity contribution is 6.35. The van der Waals surface area contributed by atoms with Crippen LogP contribution in [0.25, 0.3) is 0 Å². The maximum absolute atomic E-state index is 12.0. The highest BCUT2D eigenvalue weighted by Crippen LogP contribution is 2.04. The highest BCUT2D eigenvalue weighted by atomic mass is 16.2. The van der Waals surface area contributed by atoms with Crippen molar-refractivity contribution in [1.29, 1.82) is 0 Å². The number of carbonyl (C=O) groups is 3. The summed E-state index contributed by atoms with van der Waals surface area (Å²) in [6, 6.07) is 0. The zero-order valence-corrected chi connectivity index (χ0v) is 10.5. The van der Waals surface area contributed by atoms with E-state index in [1.807, 2.05) is 0 Å². The molecule has 2 saturated heterocycles. The Balaban J connectivity index is 1.90. The molecule has 0 bridgehead atoms. The second-order valence-corrected chi connectivity index (χ2v) is 4.58. The molecule has 2 rings (SSSR count). The van der Waals surface area contributed by atoms with Gasteiger partial charge in [0.15, 0.2) is 0 Å². The van der Waals surface area contributed by atoms with E-state index in [4.69, 9.17) is 0 Å². The Bertz CT molecular complexity index is 365. The summed E-state index contributed by atoms with van der Waals surface area (Å²) < 4.78 is 0. The van der Waals surface area contributed by atoms with Crippen LogP contribution in [-0.2, 0) is 14.4 Å². The lowest BCUT2D eigenvalue weighted by Crippen LogP contribution is -2.56. The summed E-state index contributed by atoms with van der Waals surface area (Å²) in [5.41, 5.74) is 0. The van der Waals surface area contributed by atoms with Crippen LogP contribution in [0.5, 0.6) is 0 Å². The van der Waals surface area contributed by atoms with Gasteiger partial charge in [-0.15, -0.1) is 0 Å². The molecule has 0 aromatic carbocycles. The third-order valence-electron chi connectivity index (χ3n) is 3.32. The standard InChI is InChI=1S/C11H18N4O3/c1-13-6-7-15(11(18)10(13)17)8-9(16)14-4-2-12-3-5-14/h12H,2-8H2,1H3. The molecule has 0 radical (unpaired) electrons. The van der Waals surface area contributed by atoms with Crippen LogP contribution < -0.4 is 5.32 Å². The smallest absolute Gasteiger partial charge is 0.312 e. The minimum Gasteiger partial charge on any atom is -0.339 e. The Labute approximate surface area is 106 Å². The van der Waals surface area contributed by atoms with Gasteiger partial charge in [-0.2, -0.15) is 0 Å². The molecule has 3 amide bonds. The largest absolute Gasteiger partial charge is 0.339 e. The van der Waals surface area contributed by atoms with Crippen LogP contribution in [0.1, 0.15) is 0 Å². The van der Waals surface area contributed by atoms with Gasteiger partial charge >= 0.3 is 11.8 Å². The van der Waals surface area contributed by atoms with Gasteiger partial charge in [0.1, 0.15) is 6.54 Å². The number of piperazine rings is 2. The average Bonchev–Trinajstić information content (AvgIpc) is 2.40. The molecule has 2 heterocycles. The van der Waals surface area contributed by atoms with Crippen molar-refractivity contribution in [3.63, 3.8) is 0 Å². The molecule has 2 fully saturated rings.